The van der Waals surface area contributed by atoms with Crippen LogP contribution in [0.3, 0.4) is 0 Å². The van der Waals surface area contributed by atoms with Crippen molar-refractivity contribution in [3.05, 3.63) is 51.9 Å². The Kier molecular flexibility index (Phi) is 6.61. The lowest BCUT2D eigenvalue weighted by atomic mass is 10.1. The summed E-state index contributed by atoms with van der Waals surface area (Å²) in [5.74, 6) is -0.391. The van der Waals surface area contributed by atoms with E-state index in [1.807, 2.05) is 32.0 Å². The number of aryl methyl sites for hydroxylation is 2. The molecule has 0 bridgehead atoms. The summed E-state index contributed by atoms with van der Waals surface area (Å²) in [4.78, 5) is 17.4. The maximum absolute atomic E-state index is 12.7. The molecule has 1 N–H and O–H groups in total. The molecule has 1 heterocycles. The molecule has 2 aromatic carbocycles. The predicted octanol–water partition coefficient (Wildman–Crippen LogP) is 4.81. The molecule has 0 unspecified atom stereocenters. The lowest BCUT2D eigenvalue weighted by Gasteiger charge is -2.14. The predicted molar refractivity (Wildman–Crippen MR) is 113 cm³/mol. The number of para-hydroxylation sites is 1. The lowest BCUT2D eigenvalue weighted by Crippen LogP contribution is -2.19. The zero-order valence-corrected chi connectivity index (χ0v) is 17.6. The van der Waals surface area contributed by atoms with Crippen molar-refractivity contribution in [2.24, 2.45) is 4.99 Å². The number of alkyl halides is 2. The van der Waals surface area contributed by atoms with Gasteiger partial charge in [0.1, 0.15) is 0 Å². The smallest absolute Gasteiger partial charge is 0.387 e. The number of hydrogen-bond acceptors (Lipinski definition) is 6. The van der Waals surface area contributed by atoms with Crippen LogP contribution in [0.1, 0.15) is 16.7 Å². The van der Waals surface area contributed by atoms with Crippen molar-refractivity contribution in [3.8, 4) is 17.2 Å². The monoisotopic (exact) mass is 434 g/mol. The van der Waals surface area contributed by atoms with Crippen LogP contribution in [-0.2, 0) is 4.79 Å². The first-order chi connectivity index (χ1) is 14.3. The van der Waals surface area contributed by atoms with Crippen molar-refractivity contribution >= 4 is 34.6 Å². The van der Waals surface area contributed by atoms with E-state index in [-0.39, 0.29) is 23.2 Å². The van der Waals surface area contributed by atoms with Gasteiger partial charge < -0.3 is 19.5 Å². The van der Waals surface area contributed by atoms with E-state index < -0.39 is 6.61 Å². The van der Waals surface area contributed by atoms with Gasteiger partial charge in [-0.05, 0) is 60.5 Å². The molecule has 3 rings (SSSR count). The first-order valence-corrected chi connectivity index (χ1v) is 9.70. The second-order valence-electron chi connectivity index (χ2n) is 6.36. The van der Waals surface area contributed by atoms with Crippen molar-refractivity contribution < 1.29 is 27.8 Å². The number of carbonyl (C=O) groups excluding carboxylic acids is 1. The fourth-order valence-corrected chi connectivity index (χ4v) is 3.73. The van der Waals surface area contributed by atoms with Crippen LogP contribution in [0.4, 0.5) is 14.5 Å². The molecule has 1 fully saturated rings. The fourth-order valence-electron chi connectivity index (χ4n) is 2.90. The summed E-state index contributed by atoms with van der Waals surface area (Å²) in [6, 6.07) is 8.82. The second kappa shape index (κ2) is 9.17. The molecule has 30 heavy (non-hydrogen) atoms. The minimum absolute atomic E-state index is 0.0642. The van der Waals surface area contributed by atoms with Gasteiger partial charge in [-0.15, -0.1) is 0 Å². The number of thioether (sulfide) groups is 1. The number of halogens is 2. The van der Waals surface area contributed by atoms with Gasteiger partial charge in [0.25, 0.3) is 5.91 Å². The number of amidine groups is 1. The molecule has 1 aliphatic heterocycles. The third-order valence-corrected chi connectivity index (χ3v) is 5.20. The zero-order chi connectivity index (χ0) is 21.8. The van der Waals surface area contributed by atoms with Gasteiger partial charge in [-0.3, -0.25) is 4.79 Å². The first kappa shape index (κ1) is 21.6. The van der Waals surface area contributed by atoms with Crippen LogP contribution < -0.4 is 19.5 Å². The quantitative estimate of drug-likeness (QED) is 0.661. The average molecular weight is 434 g/mol. The van der Waals surface area contributed by atoms with Gasteiger partial charge in [0.05, 0.1) is 24.8 Å². The Morgan fingerprint density at radius 1 is 1.10 bits per heavy atom. The van der Waals surface area contributed by atoms with Crippen LogP contribution in [-0.4, -0.2) is 31.9 Å². The topological polar surface area (TPSA) is 69.2 Å². The number of carbonyl (C=O) groups is 1. The van der Waals surface area contributed by atoms with E-state index in [1.54, 1.807) is 6.08 Å². The van der Waals surface area contributed by atoms with Crippen LogP contribution >= 0.6 is 11.8 Å². The number of aliphatic imine (C=N–C) groups is 1. The number of rotatable bonds is 6. The number of benzene rings is 2. The van der Waals surface area contributed by atoms with Gasteiger partial charge in [0.2, 0.25) is 5.75 Å². The number of nitrogens with one attached hydrogen (secondary N) is 1. The van der Waals surface area contributed by atoms with E-state index in [0.29, 0.717) is 15.6 Å². The molecule has 1 aliphatic rings. The molecule has 0 aliphatic carbocycles. The van der Waals surface area contributed by atoms with Gasteiger partial charge in [-0.25, -0.2) is 4.99 Å². The largest absolute Gasteiger partial charge is 0.493 e. The van der Waals surface area contributed by atoms with Crippen molar-refractivity contribution in [1.82, 2.24) is 5.32 Å². The first-order valence-electron chi connectivity index (χ1n) is 8.89. The molecular weight excluding hydrogens is 414 g/mol. The standard InChI is InChI=1S/C21H20F2N2O4S/c1-11-6-5-7-12(2)17(11)24-21-25-19(26)16(30-21)10-13-8-14(27-3)18(29-20(22)23)15(9-13)28-4/h5-10,20H,1-4H3,(H,24,25,26)/b16-10-. The Balaban J connectivity index is 1.93. The highest BCUT2D eigenvalue weighted by Crippen LogP contribution is 2.41. The molecule has 158 valence electrons. The van der Waals surface area contributed by atoms with Gasteiger partial charge in [-0.1, -0.05) is 18.2 Å². The molecule has 2 aromatic rings. The van der Waals surface area contributed by atoms with Crippen LogP contribution in [0, 0.1) is 13.8 Å². The normalized spacial score (nSPS) is 16.3. The molecule has 1 saturated heterocycles. The minimum Gasteiger partial charge on any atom is -0.493 e. The van der Waals surface area contributed by atoms with Crippen molar-refractivity contribution in [1.29, 1.82) is 0 Å². The number of amides is 1. The van der Waals surface area contributed by atoms with E-state index in [9.17, 15) is 13.6 Å². The maximum atomic E-state index is 12.7. The summed E-state index contributed by atoms with van der Waals surface area (Å²) in [6.07, 6.45) is 1.60. The molecule has 0 aromatic heterocycles. The highest BCUT2D eigenvalue weighted by atomic mass is 32.2. The van der Waals surface area contributed by atoms with Gasteiger partial charge >= 0.3 is 6.61 Å². The summed E-state index contributed by atoms with van der Waals surface area (Å²) in [5.41, 5.74) is 3.33. The highest BCUT2D eigenvalue weighted by molar-refractivity contribution is 8.18. The van der Waals surface area contributed by atoms with Crippen LogP contribution in [0.15, 0.2) is 40.2 Å². The summed E-state index contributed by atoms with van der Waals surface area (Å²) < 4.78 is 40.2. The van der Waals surface area contributed by atoms with Crippen molar-refractivity contribution in [2.75, 3.05) is 14.2 Å². The second-order valence-corrected chi connectivity index (χ2v) is 7.39. The van der Waals surface area contributed by atoms with Crippen molar-refractivity contribution in [2.45, 2.75) is 20.5 Å². The van der Waals surface area contributed by atoms with Crippen LogP contribution in [0.5, 0.6) is 17.2 Å². The maximum Gasteiger partial charge on any atom is 0.387 e. The van der Waals surface area contributed by atoms with Crippen molar-refractivity contribution in [3.63, 3.8) is 0 Å². The van der Waals surface area contributed by atoms with E-state index >= 15 is 0 Å². The van der Waals surface area contributed by atoms with E-state index in [2.05, 4.69) is 15.0 Å². The van der Waals surface area contributed by atoms with E-state index in [1.165, 1.54) is 38.1 Å². The number of methoxy groups -OCH3 is 2. The minimum atomic E-state index is -3.03. The Labute approximate surface area is 176 Å². The SMILES string of the molecule is COc1cc(/C=C2\SC(=Nc3c(C)cccc3C)NC2=O)cc(OC)c1OC(F)F. The Morgan fingerprint density at radius 2 is 1.70 bits per heavy atom. The summed E-state index contributed by atoms with van der Waals surface area (Å²) >= 11 is 1.19. The Hall–Kier alpha value is -3.07. The number of ether oxygens (including phenoxy) is 3. The molecule has 0 saturated carbocycles. The van der Waals surface area contributed by atoms with E-state index in [0.717, 1.165) is 16.8 Å². The summed E-state index contributed by atoms with van der Waals surface area (Å²) in [7, 11) is 2.66. The average Bonchev–Trinajstić information content (AvgIpc) is 3.04. The highest BCUT2D eigenvalue weighted by Gasteiger charge is 2.25. The van der Waals surface area contributed by atoms with Crippen LogP contribution in [0.2, 0.25) is 0 Å². The zero-order valence-electron chi connectivity index (χ0n) is 16.8. The Bertz CT molecular complexity index is 992. The number of nitrogens with zero attached hydrogens (tertiary/aromatic N) is 1. The van der Waals surface area contributed by atoms with Gasteiger partial charge in [0, 0.05) is 0 Å². The number of hydrogen-bond donors (Lipinski definition) is 1. The Morgan fingerprint density at radius 3 is 2.23 bits per heavy atom. The van der Waals surface area contributed by atoms with Gasteiger partial charge in [-0.2, -0.15) is 8.78 Å². The molecule has 0 atom stereocenters. The molecule has 6 nitrogen and oxygen atoms in total. The molecule has 9 heteroatoms. The summed E-state index contributed by atoms with van der Waals surface area (Å²) in [5, 5.41) is 3.20. The van der Waals surface area contributed by atoms with Gasteiger partial charge in [0.15, 0.2) is 16.7 Å². The molecule has 0 radical (unpaired) electrons. The van der Waals surface area contributed by atoms with Crippen LogP contribution in [0.25, 0.3) is 6.08 Å². The molecule has 0 spiro atoms. The van der Waals surface area contributed by atoms with E-state index in [4.69, 9.17) is 9.47 Å². The molecular formula is C21H20F2N2O4S. The molecule has 1 amide bonds. The summed E-state index contributed by atoms with van der Waals surface area (Å²) in [6.45, 7) is 0.870. The third-order valence-electron chi connectivity index (χ3n) is 4.29. The fraction of sp³-hybridized carbons (Fsp3) is 0.238. The lowest BCUT2D eigenvalue weighted by molar-refractivity contribution is -0.115. The third kappa shape index (κ3) is 4.73.